The molecule has 0 aliphatic heterocycles. The molecule has 0 fully saturated rings. The lowest BCUT2D eigenvalue weighted by atomic mass is 10.1. The molecule has 0 atom stereocenters. The van der Waals surface area contributed by atoms with Crippen LogP contribution < -0.4 is 16.4 Å². The first kappa shape index (κ1) is 17.5. The maximum absolute atomic E-state index is 12.3. The second-order valence-corrected chi connectivity index (χ2v) is 5.06. The molecule has 1 aromatic carbocycles. The summed E-state index contributed by atoms with van der Waals surface area (Å²) in [6.07, 6.45) is 1.02. The monoisotopic (exact) mass is 306 g/mol. The molecule has 0 bridgehead atoms. The van der Waals surface area contributed by atoms with Gasteiger partial charge in [0.2, 0.25) is 11.8 Å². The Hall–Kier alpha value is -2.57. The minimum atomic E-state index is -0.700. The van der Waals surface area contributed by atoms with Crippen LogP contribution in [0.4, 0.5) is 5.69 Å². The van der Waals surface area contributed by atoms with Crippen LogP contribution in [0.1, 0.15) is 23.7 Å². The third-order valence-corrected chi connectivity index (χ3v) is 3.09. The summed E-state index contributed by atoms with van der Waals surface area (Å²) in [5, 5.41) is 0. The van der Waals surface area contributed by atoms with Crippen LogP contribution in [0.2, 0.25) is 0 Å². The summed E-state index contributed by atoms with van der Waals surface area (Å²) in [4.78, 5) is 37.4. The van der Waals surface area contributed by atoms with Crippen LogP contribution >= 0.6 is 0 Å². The molecule has 7 heteroatoms. The summed E-state index contributed by atoms with van der Waals surface area (Å²) < 4.78 is 0. The van der Waals surface area contributed by atoms with Crippen molar-refractivity contribution < 1.29 is 14.4 Å². The fourth-order valence-electron chi connectivity index (χ4n) is 2.08. The summed E-state index contributed by atoms with van der Waals surface area (Å²) in [6, 6.07) is 6.93. The summed E-state index contributed by atoms with van der Waals surface area (Å²) in [6.45, 7) is 2.29. The normalized spacial score (nSPS) is 10.1. The van der Waals surface area contributed by atoms with Crippen molar-refractivity contribution in [2.45, 2.75) is 13.3 Å². The van der Waals surface area contributed by atoms with Gasteiger partial charge in [-0.3, -0.25) is 14.4 Å². The molecule has 4 N–H and O–H groups in total. The summed E-state index contributed by atoms with van der Waals surface area (Å²) in [5.74, 6) is -1.86. The van der Waals surface area contributed by atoms with Crippen molar-refractivity contribution in [1.82, 2.24) is 4.90 Å². The molecule has 0 radical (unpaired) electrons. The number of anilines is 1. The van der Waals surface area contributed by atoms with E-state index in [1.165, 1.54) is 0 Å². The van der Waals surface area contributed by atoms with Gasteiger partial charge >= 0.3 is 0 Å². The summed E-state index contributed by atoms with van der Waals surface area (Å²) in [5.41, 5.74) is 11.5. The Morgan fingerprint density at radius 1 is 1.00 bits per heavy atom. The zero-order valence-electron chi connectivity index (χ0n) is 12.9. The molecule has 0 unspecified atom stereocenters. The van der Waals surface area contributed by atoms with E-state index in [-0.39, 0.29) is 13.1 Å². The first-order valence-corrected chi connectivity index (χ1v) is 7.02. The molecule has 120 valence electrons. The highest BCUT2D eigenvalue weighted by Gasteiger charge is 2.19. The number of amides is 3. The van der Waals surface area contributed by atoms with Gasteiger partial charge in [0.25, 0.3) is 5.91 Å². The van der Waals surface area contributed by atoms with Crippen LogP contribution in [0, 0.1) is 0 Å². The third kappa shape index (κ3) is 5.08. The Balaban J connectivity index is 2.89. The van der Waals surface area contributed by atoms with Crippen LogP contribution in [-0.2, 0) is 9.59 Å². The van der Waals surface area contributed by atoms with Crippen LogP contribution in [0.5, 0.6) is 0 Å². The van der Waals surface area contributed by atoms with Gasteiger partial charge in [0.05, 0.1) is 0 Å². The Kier molecular flexibility index (Phi) is 6.37. The van der Waals surface area contributed by atoms with Gasteiger partial charge in [-0.05, 0) is 30.7 Å². The second kappa shape index (κ2) is 8.02. The van der Waals surface area contributed by atoms with Crippen LogP contribution in [0.3, 0.4) is 0 Å². The predicted molar refractivity (Wildman–Crippen MR) is 84.3 cm³/mol. The molecular weight excluding hydrogens is 284 g/mol. The lowest BCUT2D eigenvalue weighted by molar-refractivity contribution is -0.121. The number of benzene rings is 1. The van der Waals surface area contributed by atoms with Crippen molar-refractivity contribution in [2.75, 3.05) is 31.6 Å². The zero-order valence-corrected chi connectivity index (χ0v) is 12.9. The van der Waals surface area contributed by atoms with Gasteiger partial charge < -0.3 is 21.3 Å². The molecule has 0 aliphatic carbocycles. The van der Waals surface area contributed by atoms with Gasteiger partial charge in [0, 0.05) is 24.8 Å². The van der Waals surface area contributed by atoms with E-state index in [0.29, 0.717) is 5.56 Å². The highest BCUT2D eigenvalue weighted by Crippen LogP contribution is 2.15. The van der Waals surface area contributed by atoms with E-state index in [4.69, 9.17) is 11.5 Å². The van der Waals surface area contributed by atoms with E-state index in [9.17, 15) is 14.4 Å². The minimum absolute atomic E-state index is 0.348. The lowest BCUT2D eigenvalue weighted by Gasteiger charge is -2.21. The standard InChI is InChI=1S/C15H22N4O3/c1-3-8-18(2)12-6-4-11(5-7-12)15(22)19(9-13(16)20)10-14(17)21/h4-7H,3,8-10H2,1-2H3,(H2,16,20)(H2,17,21). The largest absolute Gasteiger partial charge is 0.375 e. The van der Waals surface area contributed by atoms with Gasteiger partial charge in [0.1, 0.15) is 13.1 Å². The number of primary amides is 2. The van der Waals surface area contributed by atoms with Crippen molar-refractivity contribution in [2.24, 2.45) is 11.5 Å². The Labute approximate surface area is 129 Å². The first-order valence-electron chi connectivity index (χ1n) is 7.02. The zero-order chi connectivity index (χ0) is 16.7. The van der Waals surface area contributed by atoms with Crippen molar-refractivity contribution in [1.29, 1.82) is 0 Å². The molecule has 0 saturated heterocycles. The molecule has 0 spiro atoms. The number of nitrogens with zero attached hydrogens (tertiary/aromatic N) is 2. The van der Waals surface area contributed by atoms with E-state index < -0.39 is 17.7 Å². The summed E-state index contributed by atoms with van der Waals surface area (Å²) in [7, 11) is 1.97. The molecule has 22 heavy (non-hydrogen) atoms. The van der Waals surface area contributed by atoms with Crippen LogP contribution in [-0.4, -0.2) is 49.3 Å². The van der Waals surface area contributed by atoms with Gasteiger partial charge in [-0.15, -0.1) is 0 Å². The van der Waals surface area contributed by atoms with Gasteiger partial charge in [-0.25, -0.2) is 0 Å². The SMILES string of the molecule is CCCN(C)c1ccc(C(=O)N(CC(N)=O)CC(N)=O)cc1. The molecule has 3 amide bonds. The maximum Gasteiger partial charge on any atom is 0.254 e. The van der Waals surface area contributed by atoms with Crippen LogP contribution in [0.25, 0.3) is 0 Å². The van der Waals surface area contributed by atoms with Crippen molar-refractivity contribution in [3.8, 4) is 0 Å². The fraction of sp³-hybridized carbons (Fsp3) is 0.400. The quantitative estimate of drug-likeness (QED) is 0.701. The Morgan fingerprint density at radius 3 is 1.91 bits per heavy atom. The average molecular weight is 306 g/mol. The van der Waals surface area contributed by atoms with Gasteiger partial charge in [-0.2, -0.15) is 0 Å². The molecule has 0 aliphatic rings. The molecule has 0 heterocycles. The third-order valence-electron chi connectivity index (χ3n) is 3.09. The Morgan fingerprint density at radius 2 is 1.50 bits per heavy atom. The summed E-state index contributed by atoms with van der Waals surface area (Å²) >= 11 is 0. The van der Waals surface area contributed by atoms with Gasteiger partial charge in [0.15, 0.2) is 0 Å². The van der Waals surface area contributed by atoms with E-state index in [2.05, 4.69) is 11.8 Å². The van der Waals surface area contributed by atoms with Crippen LogP contribution in [0.15, 0.2) is 24.3 Å². The number of rotatable bonds is 8. The van der Waals surface area contributed by atoms with Gasteiger partial charge in [-0.1, -0.05) is 6.92 Å². The number of carbonyl (C=O) groups is 3. The molecule has 0 saturated carbocycles. The molecule has 1 aromatic rings. The number of hydrogen-bond donors (Lipinski definition) is 2. The van der Waals surface area contributed by atoms with E-state index in [0.717, 1.165) is 23.6 Å². The molecule has 1 rings (SSSR count). The number of nitrogens with two attached hydrogens (primary N) is 2. The van der Waals surface area contributed by atoms with Crippen molar-refractivity contribution >= 4 is 23.4 Å². The molecule has 0 aromatic heterocycles. The minimum Gasteiger partial charge on any atom is -0.375 e. The average Bonchev–Trinajstić information content (AvgIpc) is 2.45. The smallest absolute Gasteiger partial charge is 0.254 e. The van der Waals surface area contributed by atoms with Crippen molar-refractivity contribution in [3.05, 3.63) is 29.8 Å². The number of carbonyl (C=O) groups excluding carboxylic acids is 3. The van der Waals surface area contributed by atoms with E-state index >= 15 is 0 Å². The maximum atomic E-state index is 12.3. The topological polar surface area (TPSA) is 110 Å². The highest BCUT2D eigenvalue weighted by atomic mass is 16.2. The Bertz CT molecular complexity index is 526. The first-order chi connectivity index (χ1) is 10.3. The van der Waals surface area contributed by atoms with E-state index in [1.54, 1.807) is 12.1 Å². The number of hydrogen-bond acceptors (Lipinski definition) is 4. The molecule has 7 nitrogen and oxygen atoms in total. The second-order valence-electron chi connectivity index (χ2n) is 5.06. The van der Waals surface area contributed by atoms with Crippen molar-refractivity contribution in [3.63, 3.8) is 0 Å². The van der Waals surface area contributed by atoms with E-state index in [1.807, 2.05) is 19.2 Å². The fourth-order valence-corrected chi connectivity index (χ4v) is 2.08. The lowest BCUT2D eigenvalue weighted by Crippen LogP contribution is -2.43. The highest BCUT2D eigenvalue weighted by molar-refractivity contribution is 5.98. The predicted octanol–water partition coefficient (Wildman–Crippen LogP) is -0.0544. The molecular formula is C15H22N4O3.